The zero-order valence-corrected chi connectivity index (χ0v) is 11.2. The molecular weight excluding hydrogens is 280 g/mol. The Hall–Kier alpha value is -1.15. The number of hydrogen-bond acceptors (Lipinski definition) is 5. The van der Waals surface area contributed by atoms with E-state index in [4.69, 9.17) is 17.3 Å². The van der Waals surface area contributed by atoms with Crippen LogP contribution in [-0.2, 0) is 14.8 Å². The molecule has 0 heterocycles. The zero-order chi connectivity index (χ0) is 13.8. The molecule has 1 aromatic rings. The highest BCUT2D eigenvalue weighted by Crippen LogP contribution is 2.19. The molecule has 6 nitrogen and oxygen atoms in total. The van der Waals surface area contributed by atoms with Gasteiger partial charge in [-0.1, -0.05) is 11.6 Å². The van der Waals surface area contributed by atoms with E-state index >= 15 is 0 Å². The molecule has 1 rings (SSSR count). The summed E-state index contributed by atoms with van der Waals surface area (Å²) in [5.41, 5.74) is 5.28. The number of halogens is 1. The van der Waals surface area contributed by atoms with E-state index in [9.17, 15) is 13.2 Å². The van der Waals surface area contributed by atoms with Crippen LogP contribution in [0.15, 0.2) is 23.1 Å². The van der Waals surface area contributed by atoms with Crippen molar-refractivity contribution in [2.24, 2.45) is 5.73 Å². The highest BCUT2D eigenvalue weighted by Gasteiger charge is 2.17. The minimum absolute atomic E-state index is 0.0677. The number of benzene rings is 1. The van der Waals surface area contributed by atoms with Crippen LogP contribution in [0.25, 0.3) is 0 Å². The molecule has 0 aliphatic carbocycles. The fraction of sp³-hybridized carbons (Fsp3) is 0.300. The van der Waals surface area contributed by atoms with Crippen LogP contribution in [-0.4, -0.2) is 34.6 Å². The van der Waals surface area contributed by atoms with Crippen LogP contribution < -0.4 is 10.5 Å². The van der Waals surface area contributed by atoms with E-state index in [2.05, 4.69) is 9.46 Å². The zero-order valence-electron chi connectivity index (χ0n) is 9.64. The van der Waals surface area contributed by atoms with Crippen molar-refractivity contribution in [3.63, 3.8) is 0 Å². The van der Waals surface area contributed by atoms with Crippen LogP contribution in [0, 0.1) is 0 Å². The summed E-state index contributed by atoms with van der Waals surface area (Å²) < 4.78 is 30.4. The Kier molecular flexibility index (Phi) is 5.09. The number of esters is 1. The predicted molar refractivity (Wildman–Crippen MR) is 67.0 cm³/mol. The highest BCUT2D eigenvalue weighted by atomic mass is 35.5. The molecule has 0 unspecified atom stereocenters. The van der Waals surface area contributed by atoms with Gasteiger partial charge in [-0.15, -0.1) is 0 Å². The Labute approximate surface area is 110 Å². The summed E-state index contributed by atoms with van der Waals surface area (Å²) in [6.45, 7) is 0.270. The van der Waals surface area contributed by atoms with Gasteiger partial charge in [0, 0.05) is 18.1 Å². The summed E-state index contributed by atoms with van der Waals surface area (Å²) in [7, 11) is -2.53. The summed E-state index contributed by atoms with van der Waals surface area (Å²) in [4.78, 5) is 11.2. The molecule has 0 spiro atoms. The van der Waals surface area contributed by atoms with Gasteiger partial charge in [-0.05, 0) is 18.2 Å². The summed E-state index contributed by atoms with van der Waals surface area (Å²) in [6, 6.07) is 3.76. The molecule has 18 heavy (non-hydrogen) atoms. The largest absolute Gasteiger partial charge is 0.465 e. The predicted octanol–water partition coefficient (Wildman–Crippen LogP) is 0.364. The third-order valence-corrected chi connectivity index (χ3v) is 3.70. The van der Waals surface area contributed by atoms with E-state index in [0.29, 0.717) is 0 Å². The van der Waals surface area contributed by atoms with Crippen molar-refractivity contribution in [3.8, 4) is 0 Å². The first-order chi connectivity index (χ1) is 8.40. The van der Waals surface area contributed by atoms with Crippen molar-refractivity contribution in [1.29, 1.82) is 0 Å². The molecule has 0 amide bonds. The van der Waals surface area contributed by atoms with Crippen molar-refractivity contribution in [2.45, 2.75) is 4.90 Å². The third kappa shape index (κ3) is 3.67. The molecule has 0 saturated heterocycles. The maximum absolute atomic E-state index is 11.8. The molecular formula is C10H13ClN2O4S. The lowest BCUT2D eigenvalue weighted by Crippen LogP contribution is -2.29. The van der Waals surface area contributed by atoms with Crippen LogP contribution >= 0.6 is 11.6 Å². The highest BCUT2D eigenvalue weighted by molar-refractivity contribution is 7.89. The van der Waals surface area contributed by atoms with E-state index in [1.807, 2.05) is 0 Å². The van der Waals surface area contributed by atoms with Crippen molar-refractivity contribution in [1.82, 2.24) is 4.72 Å². The maximum Gasteiger partial charge on any atom is 0.337 e. The normalized spacial score (nSPS) is 11.3. The molecule has 0 aliphatic heterocycles. The average Bonchev–Trinajstić information content (AvgIpc) is 2.34. The Morgan fingerprint density at radius 2 is 2.11 bits per heavy atom. The van der Waals surface area contributed by atoms with Gasteiger partial charge in [-0.3, -0.25) is 0 Å². The van der Waals surface area contributed by atoms with Gasteiger partial charge in [0.25, 0.3) is 0 Å². The van der Waals surface area contributed by atoms with Gasteiger partial charge in [-0.25, -0.2) is 17.9 Å². The molecule has 0 saturated carbocycles. The topological polar surface area (TPSA) is 98.5 Å². The summed E-state index contributed by atoms with van der Waals surface area (Å²) in [6.07, 6.45) is 0. The number of nitrogens with one attached hydrogen (secondary N) is 1. The van der Waals surface area contributed by atoms with Gasteiger partial charge in [-0.2, -0.15) is 0 Å². The van der Waals surface area contributed by atoms with Crippen molar-refractivity contribution < 1.29 is 17.9 Å². The lowest BCUT2D eigenvalue weighted by molar-refractivity contribution is 0.0600. The standard InChI is InChI=1S/C10H13ClN2O4S/c1-17-10(14)7-4-8(11)6-9(5-7)18(15,16)13-3-2-12/h4-6,13H,2-3,12H2,1H3. The smallest absolute Gasteiger partial charge is 0.337 e. The second-order valence-corrected chi connectivity index (χ2v) is 5.56. The maximum atomic E-state index is 11.8. The fourth-order valence-corrected chi connectivity index (χ4v) is 2.65. The number of carbonyl (C=O) groups is 1. The Morgan fingerprint density at radius 1 is 1.44 bits per heavy atom. The summed E-state index contributed by atoms with van der Waals surface area (Å²) in [5, 5.41) is 0.131. The van der Waals surface area contributed by atoms with Crippen LogP contribution in [0.1, 0.15) is 10.4 Å². The molecule has 0 radical (unpaired) electrons. The first-order valence-electron chi connectivity index (χ1n) is 4.99. The van der Waals surface area contributed by atoms with Crippen LogP contribution in [0.5, 0.6) is 0 Å². The first kappa shape index (κ1) is 14.9. The minimum Gasteiger partial charge on any atom is -0.465 e. The number of rotatable bonds is 5. The van der Waals surface area contributed by atoms with Crippen LogP contribution in [0.2, 0.25) is 5.02 Å². The molecule has 0 atom stereocenters. The number of nitrogens with two attached hydrogens (primary N) is 1. The SMILES string of the molecule is COC(=O)c1cc(Cl)cc(S(=O)(=O)NCCN)c1. The average molecular weight is 293 g/mol. The number of carbonyl (C=O) groups excluding carboxylic acids is 1. The lowest BCUT2D eigenvalue weighted by atomic mass is 10.2. The van der Waals surface area contributed by atoms with Crippen molar-refractivity contribution in [2.75, 3.05) is 20.2 Å². The van der Waals surface area contributed by atoms with Crippen LogP contribution in [0.4, 0.5) is 0 Å². The second-order valence-electron chi connectivity index (χ2n) is 3.35. The minimum atomic E-state index is -3.73. The van der Waals surface area contributed by atoms with Gasteiger partial charge >= 0.3 is 5.97 Å². The second kappa shape index (κ2) is 6.14. The van der Waals surface area contributed by atoms with Gasteiger partial charge in [0.1, 0.15) is 0 Å². The first-order valence-corrected chi connectivity index (χ1v) is 6.85. The van der Waals surface area contributed by atoms with Gasteiger partial charge in [0.05, 0.1) is 17.6 Å². The molecule has 0 aromatic heterocycles. The molecule has 1 aromatic carbocycles. The molecule has 0 fully saturated rings. The van der Waals surface area contributed by atoms with E-state index in [0.717, 1.165) is 0 Å². The van der Waals surface area contributed by atoms with E-state index in [-0.39, 0.29) is 28.6 Å². The number of methoxy groups -OCH3 is 1. The lowest BCUT2D eigenvalue weighted by Gasteiger charge is -2.07. The fourth-order valence-electron chi connectivity index (χ4n) is 1.23. The van der Waals surface area contributed by atoms with Gasteiger partial charge < -0.3 is 10.5 Å². The number of ether oxygens (including phenoxy) is 1. The monoisotopic (exact) mass is 292 g/mol. The van der Waals surface area contributed by atoms with E-state index in [1.165, 1.54) is 25.3 Å². The summed E-state index contributed by atoms with van der Waals surface area (Å²) in [5.74, 6) is -0.659. The van der Waals surface area contributed by atoms with Gasteiger partial charge in [0.2, 0.25) is 10.0 Å². The Balaban J connectivity index is 3.17. The number of hydrogen-bond donors (Lipinski definition) is 2. The van der Waals surface area contributed by atoms with Crippen molar-refractivity contribution >= 4 is 27.6 Å². The van der Waals surface area contributed by atoms with Crippen LogP contribution in [0.3, 0.4) is 0 Å². The van der Waals surface area contributed by atoms with Crippen molar-refractivity contribution in [3.05, 3.63) is 28.8 Å². The number of sulfonamides is 1. The molecule has 0 aliphatic rings. The Morgan fingerprint density at radius 3 is 2.67 bits per heavy atom. The third-order valence-electron chi connectivity index (χ3n) is 2.04. The summed E-state index contributed by atoms with van der Waals surface area (Å²) >= 11 is 5.77. The Bertz CT molecular complexity index is 545. The molecule has 8 heteroatoms. The molecule has 100 valence electrons. The quantitative estimate of drug-likeness (QED) is 0.764. The van der Waals surface area contributed by atoms with E-state index < -0.39 is 16.0 Å². The molecule has 3 N–H and O–H groups in total. The van der Waals surface area contributed by atoms with E-state index in [1.54, 1.807) is 0 Å². The molecule has 0 bridgehead atoms. The van der Waals surface area contributed by atoms with Gasteiger partial charge in [0.15, 0.2) is 0 Å².